The van der Waals surface area contributed by atoms with Crippen molar-refractivity contribution >= 4 is 40.7 Å². The van der Waals surface area contributed by atoms with E-state index in [9.17, 15) is 14.4 Å². The Morgan fingerprint density at radius 1 is 0.926 bits per heavy atom. The molecule has 136 valence electrons. The van der Waals surface area contributed by atoms with E-state index < -0.39 is 28.9 Å². The van der Waals surface area contributed by atoms with Crippen molar-refractivity contribution in [3.63, 3.8) is 0 Å². The molecule has 2 unspecified atom stereocenters. The molecule has 1 amide bonds. The first kappa shape index (κ1) is 17.8. The Morgan fingerprint density at radius 3 is 2.11 bits per heavy atom. The second kappa shape index (κ2) is 6.51. The van der Waals surface area contributed by atoms with Crippen LogP contribution in [0.5, 0.6) is 5.75 Å². The number of likely N-dealkylation sites (tertiary alicyclic amines) is 1. The van der Waals surface area contributed by atoms with E-state index in [1.54, 1.807) is 49.6 Å². The molecular formula is C20H13Cl2NO4. The molecule has 1 fully saturated rings. The SMILES string of the molecule is COc1ccc(C2C(Cl)C(=O)N2C2=C(Cl)C(=O)c3ccccc3C2=O)cc1. The van der Waals surface area contributed by atoms with E-state index in [-0.39, 0.29) is 21.9 Å². The average molecular weight is 402 g/mol. The van der Waals surface area contributed by atoms with Crippen LogP contribution in [0.2, 0.25) is 0 Å². The predicted octanol–water partition coefficient (Wildman–Crippen LogP) is 3.72. The van der Waals surface area contributed by atoms with Gasteiger partial charge in [0.15, 0.2) is 0 Å². The van der Waals surface area contributed by atoms with E-state index >= 15 is 0 Å². The number of Topliss-reactive ketones (excluding diaryl/α,β-unsaturated/α-hetero) is 2. The monoisotopic (exact) mass is 401 g/mol. The van der Waals surface area contributed by atoms with Gasteiger partial charge in [0.1, 0.15) is 21.9 Å². The summed E-state index contributed by atoms with van der Waals surface area (Å²) in [5.74, 6) is -0.768. The molecule has 27 heavy (non-hydrogen) atoms. The summed E-state index contributed by atoms with van der Waals surface area (Å²) in [5.41, 5.74) is 1.04. The van der Waals surface area contributed by atoms with Crippen molar-refractivity contribution in [3.05, 3.63) is 76.0 Å². The number of hydrogen-bond acceptors (Lipinski definition) is 4. The lowest BCUT2D eigenvalue weighted by Gasteiger charge is -2.46. The Kier molecular flexibility index (Phi) is 4.29. The summed E-state index contributed by atoms with van der Waals surface area (Å²) in [6.45, 7) is 0. The van der Waals surface area contributed by atoms with Crippen LogP contribution in [-0.2, 0) is 4.79 Å². The van der Waals surface area contributed by atoms with E-state index in [0.29, 0.717) is 11.3 Å². The minimum atomic E-state index is -0.851. The molecule has 2 atom stereocenters. The number of nitrogens with zero attached hydrogens (tertiary/aromatic N) is 1. The number of hydrogen-bond donors (Lipinski definition) is 0. The van der Waals surface area contributed by atoms with Crippen molar-refractivity contribution < 1.29 is 19.1 Å². The fourth-order valence-electron chi connectivity index (χ4n) is 3.37. The molecule has 0 bridgehead atoms. The summed E-state index contributed by atoms with van der Waals surface area (Å²) in [6.07, 6.45) is 0. The number of fused-ring (bicyclic) bond motifs is 1. The Labute approximate surface area is 165 Å². The summed E-state index contributed by atoms with van der Waals surface area (Å²) < 4.78 is 5.14. The molecule has 0 saturated carbocycles. The highest BCUT2D eigenvalue weighted by Gasteiger charge is 2.52. The van der Waals surface area contributed by atoms with Crippen LogP contribution < -0.4 is 4.74 Å². The topological polar surface area (TPSA) is 63.7 Å². The first-order valence-electron chi connectivity index (χ1n) is 8.15. The van der Waals surface area contributed by atoms with Crippen LogP contribution in [-0.4, -0.2) is 34.9 Å². The van der Waals surface area contributed by atoms with Crippen molar-refractivity contribution in [2.24, 2.45) is 0 Å². The van der Waals surface area contributed by atoms with Crippen molar-refractivity contribution in [2.45, 2.75) is 11.4 Å². The number of carbonyl (C=O) groups excluding carboxylic acids is 3. The zero-order valence-corrected chi connectivity index (χ0v) is 15.6. The van der Waals surface area contributed by atoms with Gasteiger partial charge in [-0.1, -0.05) is 48.0 Å². The molecule has 5 nitrogen and oxygen atoms in total. The van der Waals surface area contributed by atoms with Crippen LogP contribution in [0.4, 0.5) is 0 Å². The normalized spacial score (nSPS) is 21.9. The van der Waals surface area contributed by atoms with Crippen LogP contribution in [0, 0.1) is 0 Å². The molecule has 0 radical (unpaired) electrons. The molecule has 4 rings (SSSR count). The molecule has 1 heterocycles. The third-order valence-corrected chi connectivity index (χ3v) is 5.54. The summed E-state index contributed by atoms with van der Waals surface area (Å²) >= 11 is 12.5. The van der Waals surface area contributed by atoms with Crippen molar-refractivity contribution in [1.29, 1.82) is 0 Å². The van der Waals surface area contributed by atoms with E-state index in [0.717, 1.165) is 0 Å². The number of alkyl halides is 1. The Bertz CT molecular complexity index is 1010. The Balaban J connectivity index is 1.79. The maximum Gasteiger partial charge on any atom is 0.248 e. The molecule has 1 saturated heterocycles. The largest absolute Gasteiger partial charge is 0.497 e. The number of halogens is 2. The first-order chi connectivity index (χ1) is 13.0. The molecule has 2 aliphatic rings. The van der Waals surface area contributed by atoms with E-state index in [1.165, 1.54) is 11.0 Å². The fraction of sp³-hybridized carbons (Fsp3) is 0.150. The minimum Gasteiger partial charge on any atom is -0.497 e. The maximum absolute atomic E-state index is 13.0. The minimum absolute atomic E-state index is 0.122. The number of carbonyl (C=O) groups is 3. The summed E-state index contributed by atoms with van der Waals surface area (Å²) in [4.78, 5) is 39.3. The third kappa shape index (κ3) is 2.58. The molecule has 0 spiro atoms. The van der Waals surface area contributed by atoms with Gasteiger partial charge in [0.05, 0.1) is 13.2 Å². The molecule has 1 aliphatic carbocycles. The number of ether oxygens (including phenoxy) is 1. The van der Waals surface area contributed by atoms with Gasteiger partial charge in [-0.2, -0.15) is 0 Å². The zero-order valence-electron chi connectivity index (χ0n) is 14.1. The van der Waals surface area contributed by atoms with Gasteiger partial charge >= 0.3 is 0 Å². The van der Waals surface area contributed by atoms with Crippen LogP contribution in [0.25, 0.3) is 0 Å². The highest BCUT2D eigenvalue weighted by Crippen LogP contribution is 2.45. The molecule has 1 aliphatic heterocycles. The number of methoxy groups -OCH3 is 1. The standard InChI is InChI=1S/C20H13Cl2NO4/c1-27-11-8-6-10(7-9-11)16-15(22)20(26)23(16)17-14(21)18(24)12-4-2-3-5-13(12)19(17)25/h2-9,15-16H,1H3. The molecule has 7 heteroatoms. The number of β-lactam (4-membered cyclic amide) rings is 1. The van der Waals surface area contributed by atoms with Gasteiger partial charge < -0.3 is 4.74 Å². The van der Waals surface area contributed by atoms with Crippen LogP contribution in [0.15, 0.2) is 59.3 Å². The summed E-state index contributed by atoms with van der Waals surface area (Å²) in [7, 11) is 1.55. The number of amides is 1. The average Bonchev–Trinajstić information content (AvgIpc) is 2.71. The summed E-state index contributed by atoms with van der Waals surface area (Å²) in [6, 6.07) is 12.8. The van der Waals surface area contributed by atoms with Crippen molar-refractivity contribution in [2.75, 3.05) is 7.11 Å². The van der Waals surface area contributed by atoms with Crippen LogP contribution in [0.3, 0.4) is 0 Å². The van der Waals surface area contributed by atoms with Gasteiger partial charge in [-0.25, -0.2) is 0 Å². The number of benzene rings is 2. The molecule has 2 aromatic rings. The van der Waals surface area contributed by atoms with Crippen LogP contribution in [0.1, 0.15) is 32.3 Å². The number of ketones is 2. The highest BCUT2D eigenvalue weighted by molar-refractivity contribution is 6.50. The van der Waals surface area contributed by atoms with Gasteiger partial charge in [0.2, 0.25) is 17.5 Å². The van der Waals surface area contributed by atoms with E-state index in [4.69, 9.17) is 27.9 Å². The van der Waals surface area contributed by atoms with E-state index in [2.05, 4.69) is 0 Å². The molecule has 0 aromatic heterocycles. The smallest absolute Gasteiger partial charge is 0.248 e. The molecule has 0 N–H and O–H groups in total. The number of allylic oxidation sites excluding steroid dienone is 2. The zero-order chi connectivity index (χ0) is 19.3. The van der Waals surface area contributed by atoms with Crippen molar-refractivity contribution in [3.8, 4) is 5.75 Å². The number of rotatable bonds is 3. The maximum atomic E-state index is 13.0. The third-order valence-electron chi connectivity index (χ3n) is 4.77. The summed E-state index contributed by atoms with van der Waals surface area (Å²) in [5, 5.41) is -1.12. The first-order valence-corrected chi connectivity index (χ1v) is 8.96. The Morgan fingerprint density at radius 2 is 1.52 bits per heavy atom. The van der Waals surface area contributed by atoms with E-state index in [1.807, 2.05) is 0 Å². The lowest BCUT2D eigenvalue weighted by molar-refractivity contribution is -0.141. The lowest BCUT2D eigenvalue weighted by Crippen LogP contribution is -2.57. The highest BCUT2D eigenvalue weighted by atomic mass is 35.5. The van der Waals surface area contributed by atoms with Gasteiger partial charge in [-0.3, -0.25) is 19.3 Å². The molecule has 2 aromatic carbocycles. The van der Waals surface area contributed by atoms with Gasteiger partial charge in [0.25, 0.3) is 0 Å². The van der Waals surface area contributed by atoms with Crippen molar-refractivity contribution in [1.82, 2.24) is 4.90 Å². The van der Waals surface area contributed by atoms with Gasteiger partial charge in [-0.15, -0.1) is 11.6 Å². The second-order valence-electron chi connectivity index (χ2n) is 6.19. The molecular weight excluding hydrogens is 389 g/mol. The lowest BCUT2D eigenvalue weighted by atomic mass is 9.86. The predicted molar refractivity (Wildman–Crippen MR) is 100 cm³/mol. The fourth-order valence-corrected chi connectivity index (χ4v) is 4.01. The second-order valence-corrected chi connectivity index (χ2v) is 7.04. The van der Waals surface area contributed by atoms with Crippen LogP contribution >= 0.6 is 23.2 Å². The quantitative estimate of drug-likeness (QED) is 0.580. The van der Waals surface area contributed by atoms with Gasteiger partial charge in [-0.05, 0) is 17.7 Å². The Hall–Kier alpha value is -2.63. The van der Waals surface area contributed by atoms with Gasteiger partial charge in [0, 0.05) is 11.1 Å².